The average Bonchev–Trinajstić information content (AvgIpc) is 2.56. The number of aryl methyl sites for hydroxylation is 2. The lowest BCUT2D eigenvalue weighted by molar-refractivity contribution is -0.118. The summed E-state index contributed by atoms with van der Waals surface area (Å²) in [6, 6.07) is 13.3. The van der Waals surface area contributed by atoms with Gasteiger partial charge in [-0.25, -0.2) is 9.97 Å². The molecule has 0 unspecified atom stereocenters. The van der Waals surface area contributed by atoms with Crippen LogP contribution in [0.1, 0.15) is 11.1 Å². The summed E-state index contributed by atoms with van der Waals surface area (Å²) in [4.78, 5) is 20.3. The van der Waals surface area contributed by atoms with Crippen LogP contribution in [0.15, 0.2) is 48.8 Å². The largest absolute Gasteiger partial charge is 0.467 e. The van der Waals surface area contributed by atoms with E-state index in [-0.39, 0.29) is 12.5 Å². The van der Waals surface area contributed by atoms with Gasteiger partial charge in [-0.2, -0.15) is 0 Å². The molecule has 0 aliphatic rings. The average molecular weight is 307 g/mol. The molecule has 5 heteroatoms. The van der Waals surface area contributed by atoms with Gasteiger partial charge in [0.25, 0.3) is 5.91 Å². The highest BCUT2D eigenvalue weighted by molar-refractivity contribution is 5.92. The third-order valence-corrected chi connectivity index (χ3v) is 3.64. The molecule has 0 bridgehead atoms. The number of hydrogen-bond acceptors (Lipinski definition) is 4. The number of hydrogen-bond donors (Lipinski definition) is 1. The molecule has 23 heavy (non-hydrogen) atoms. The van der Waals surface area contributed by atoms with Crippen LogP contribution in [0.3, 0.4) is 0 Å². The van der Waals surface area contributed by atoms with Gasteiger partial charge in [0, 0.05) is 5.69 Å². The number of carbonyl (C=O) groups excluding carboxylic acids is 1. The van der Waals surface area contributed by atoms with E-state index < -0.39 is 0 Å². The highest BCUT2D eigenvalue weighted by atomic mass is 16.5. The lowest BCUT2D eigenvalue weighted by atomic mass is 10.1. The van der Waals surface area contributed by atoms with E-state index in [1.54, 1.807) is 0 Å². The van der Waals surface area contributed by atoms with Crippen LogP contribution in [-0.2, 0) is 4.79 Å². The number of carbonyl (C=O) groups is 1. The van der Waals surface area contributed by atoms with E-state index in [4.69, 9.17) is 4.74 Å². The second-order valence-electron chi connectivity index (χ2n) is 5.33. The van der Waals surface area contributed by atoms with Crippen LogP contribution >= 0.6 is 0 Å². The molecule has 0 radical (unpaired) electrons. The number of aromatic nitrogens is 2. The summed E-state index contributed by atoms with van der Waals surface area (Å²) in [7, 11) is 0. The predicted molar refractivity (Wildman–Crippen MR) is 89.6 cm³/mol. The Morgan fingerprint density at radius 3 is 2.74 bits per heavy atom. The molecule has 0 atom stereocenters. The van der Waals surface area contributed by atoms with E-state index in [0.29, 0.717) is 5.88 Å². The Labute approximate surface area is 134 Å². The minimum absolute atomic E-state index is 0.103. The highest BCUT2D eigenvalue weighted by Crippen LogP contribution is 2.20. The lowest BCUT2D eigenvalue weighted by Crippen LogP contribution is -2.20. The molecule has 3 aromatic rings. The van der Waals surface area contributed by atoms with Crippen molar-refractivity contribution in [3.05, 3.63) is 59.9 Å². The maximum absolute atomic E-state index is 12.0. The number of rotatable bonds is 4. The topological polar surface area (TPSA) is 64.1 Å². The van der Waals surface area contributed by atoms with Gasteiger partial charge in [0.1, 0.15) is 6.33 Å². The van der Waals surface area contributed by atoms with Gasteiger partial charge in [-0.15, -0.1) is 0 Å². The minimum atomic E-state index is -0.226. The van der Waals surface area contributed by atoms with E-state index in [1.165, 1.54) is 11.9 Å². The first-order valence-electron chi connectivity index (χ1n) is 7.33. The molecule has 1 aromatic heterocycles. The summed E-state index contributed by atoms with van der Waals surface area (Å²) >= 11 is 0. The van der Waals surface area contributed by atoms with Crippen molar-refractivity contribution < 1.29 is 9.53 Å². The number of para-hydroxylation sites is 1. The van der Waals surface area contributed by atoms with E-state index in [9.17, 15) is 4.79 Å². The summed E-state index contributed by atoms with van der Waals surface area (Å²) in [5.41, 5.74) is 3.86. The number of benzene rings is 2. The smallest absolute Gasteiger partial charge is 0.262 e. The number of nitrogens with zero attached hydrogens (tertiary/aromatic N) is 2. The summed E-state index contributed by atoms with van der Waals surface area (Å²) in [6.45, 7) is 3.94. The Morgan fingerprint density at radius 2 is 1.91 bits per heavy atom. The molecule has 2 aromatic carbocycles. The van der Waals surface area contributed by atoms with Gasteiger partial charge in [0.2, 0.25) is 5.88 Å². The Hall–Kier alpha value is -2.95. The van der Waals surface area contributed by atoms with Gasteiger partial charge < -0.3 is 10.1 Å². The molecular weight excluding hydrogens is 290 g/mol. The van der Waals surface area contributed by atoms with E-state index >= 15 is 0 Å². The Kier molecular flexibility index (Phi) is 4.19. The van der Waals surface area contributed by atoms with Crippen LogP contribution in [0.25, 0.3) is 10.9 Å². The molecule has 0 aliphatic heterocycles. The van der Waals surface area contributed by atoms with Crippen LogP contribution in [0, 0.1) is 13.8 Å². The van der Waals surface area contributed by atoms with Crippen LogP contribution in [-0.4, -0.2) is 22.5 Å². The molecule has 0 aliphatic carbocycles. The van der Waals surface area contributed by atoms with Gasteiger partial charge in [0.05, 0.1) is 10.9 Å². The van der Waals surface area contributed by atoms with Gasteiger partial charge >= 0.3 is 0 Å². The number of fused-ring (bicyclic) bond motifs is 1. The fourth-order valence-electron chi connectivity index (χ4n) is 2.25. The Bertz CT molecular complexity index is 857. The third-order valence-electron chi connectivity index (χ3n) is 3.64. The maximum atomic E-state index is 12.0. The first kappa shape index (κ1) is 15.0. The SMILES string of the molecule is Cc1ccc(NC(=O)COc2ncnc3ccccc23)cc1C. The molecule has 1 N–H and O–H groups in total. The Morgan fingerprint density at radius 1 is 1.09 bits per heavy atom. The van der Waals surface area contributed by atoms with Crippen LogP contribution in [0.2, 0.25) is 0 Å². The molecule has 116 valence electrons. The fraction of sp³-hybridized carbons (Fsp3) is 0.167. The van der Waals surface area contributed by atoms with Crippen molar-refractivity contribution in [2.45, 2.75) is 13.8 Å². The van der Waals surface area contributed by atoms with Gasteiger partial charge in [-0.3, -0.25) is 4.79 Å². The van der Waals surface area contributed by atoms with Crippen molar-refractivity contribution in [1.82, 2.24) is 9.97 Å². The molecule has 1 heterocycles. The Balaban J connectivity index is 1.67. The zero-order valence-corrected chi connectivity index (χ0v) is 13.0. The molecule has 1 amide bonds. The van der Waals surface area contributed by atoms with Crippen molar-refractivity contribution >= 4 is 22.5 Å². The second kappa shape index (κ2) is 6.44. The zero-order chi connectivity index (χ0) is 16.2. The van der Waals surface area contributed by atoms with Gasteiger partial charge in [-0.05, 0) is 49.2 Å². The fourth-order valence-corrected chi connectivity index (χ4v) is 2.25. The predicted octanol–water partition coefficient (Wildman–Crippen LogP) is 3.26. The molecule has 3 rings (SSSR count). The summed E-state index contributed by atoms with van der Waals surface area (Å²) in [5, 5.41) is 3.61. The van der Waals surface area contributed by atoms with Crippen molar-refractivity contribution in [2.75, 3.05) is 11.9 Å². The van der Waals surface area contributed by atoms with Crippen LogP contribution < -0.4 is 10.1 Å². The lowest BCUT2D eigenvalue weighted by Gasteiger charge is -2.09. The second-order valence-corrected chi connectivity index (χ2v) is 5.33. The number of amides is 1. The molecule has 0 spiro atoms. The first-order valence-corrected chi connectivity index (χ1v) is 7.33. The first-order chi connectivity index (χ1) is 11.1. The van der Waals surface area contributed by atoms with E-state index in [0.717, 1.165) is 22.2 Å². The monoisotopic (exact) mass is 307 g/mol. The standard InChI is InChI=1S/C18H17N3O2/c1-12-7-8-14(9-13(12)2)21-17(22)10-23-18-15-5-3-4-6-16(15)19-11-20-18/h3-9,11H,10H2,1-2H3,(H,21,22). The summed E-state index contributed by atoms with van der Waals surface area (Å²) in [5.74, 6) is 0.182. The molecule has 0 saturated heterocycles. The van der Waals surface area contributed by atoms with E-state index in [1.807, 2.05) is 56.3 Å². The van der Waals surface area contributed by atoms with Crippen LogP contribution in [0.5, 0.6) is 5.88 Å². The quantitative estimate of drug-likeness (QED) is 0.803. The molecule has 0 fully saturated rings. The minimum Gasteiger partial charge on any atom is -0.467 e. The summed E-state index contributed by atoms with van der Waals surface area (Å²) < 4.78 is 5.54. The maximum Gasteiger partial charge on any atom is 0.262 e. The van der Waals surface area contributed by atoms with Gasteiger partial charge in [0.15, 0.2) is 6.61 Å². The highest BCUT2D eigenvalue weighted by Gasteiger charge is 2.08. The number of nitrogens with one attached hydrogen (secondary N) is 1. The summed E-state index contributed by atoms with van der Waals surface area (Å²) in [6.07, 6.45) is 1.43. The van der Waals surface area contributed by atoms with Crippen molar-refractivity contribution in [3.8, 4) is 5.88 Å². The van der Waals surface area contributed by atoms with Crippen molar-refractivity contribution in [3.63, 3.8) is 0 Å². The normalized spacial score (nSPS) is 10.5. The van der Waals surface area contributed by atoms with Crippen molar-refractivity contribution in [1.29, 1.82) is 0 Å². The van der Waals surface area contributed by atoms with Gasteiger partial charge in [-0.1, -0.05) is 18.2 Å². The molecule has 5 nitrogen and oxygen atoms in total. The third kappa shape index (κ3) is 3.45. The number of ether oxygens (including phenoxy) is 1. The van der Waals surface area contributed by atoms with Crippen molar-refractivity contribution in [2.24, 2.45) is 0 Å². The van der Waals surface area contributed by atoms with Crippen LogP contribution in [0.4, 0.5) is 5.69 Å². The van der Waals surface area contributed by atoms with E-state index in [2.05, 4.69) is 15.3 Å². The molecule has 0 saturated carbocycles. The number of anilines is 1. The molecular formula is C18H17N3O2. The zero-order valence-electron chi connectivity index (χ0n) is 13.0.